The summed E-state index contributed by atoms with van der Waals surface area (Å²) in [5.74, 6) is 0.737. The zero-order valence-corrected chi connectivity index (χ0v) is 15.3. The molecule has 0 amide bonds. The smallest absolute Gasteiger partial charge is 0.0634 e. The van der Waals surface area contributed by atoms with Gasteiger partial charge in [-0.1, -0.05) is 36.4 Å². The van der Waals surface area contributed by atoms with E-state index < -0.39 is 0 Å². The van der Waals surface area contributed by atoms with Crippen molar-refractivity contribution in [1.29, 1.82) is 0 Å². The average Bonchev–Trinajstić information content (AvgIpc) is 2.98. The maximum atomic E-state index is 3.95. The van der Waals surface area contributed by atoms with E-state index >= 15 is 0 Å². The standard InChI is InChI=1S/C14H16N2.C9H8N2/c1-3-11-10-4-2-6-15-13(10)7-9-8-16-12(5-1)14(9)11;1-2-6-9-8(4-1)5-3-7-10-11-9/h1,3,5,8,10,13,15-16H,2,4,6-7H2;1-7,11H/t10-,13-;/m1./s1. The first-order chi connectivity index (χ1) is 13.4. The number of rotatable bonds is 0. The summed E-state index contributed by atoms with van der Waals surface area (Å²) in [6.45, 7) is 1.19. The molecule has 3 N–H and O–H groups in total. The van der Waals surface area contributed by atoms with Crippen LogP contribution in [0.1, 0.15) is 35.4 Å². The number of hydrogen-bond donors (Lipinski definition) is 3. The van der Waals surface area contributed by atoms with Gasteiger partial charge in [0.2, 0.25) is 0 Å². The summed E-state index contributed by atoms with van der Waals surface area (Å²) in [5, 5.41) is 9.14. The number of anilines is 1. The second kappa shape index (κ2) is 7.05. The predicted octanol–water partition coefficient (Wildman–Crippen LogP) is 4.67. The van der Waals surface area contributed by atoms with E-state index in [0.29, 0.717) is 6.04 Å². The van der Waals surface area contributed by atoms with Gasteiger partial charge >= 0.3 is 0 Å². The van der Waals surface area contributed by atoms with Crippen LogP contribution in [-0.4, -0.2) is 23.8 Å². The highest BCUT2D eigenvalue weighted by molar-refractivity contribution is 5.88. The molecule has 1 aromatic heterocycles. The van der Waals surface area contributed by atoms with Crippen LogP contribution in [0.5, 0.6) is 0 Å². The van der Waals surface area contributed by atoms with Crippen molar-refractivity contribution >= 4 is 28.9 Å². The molecule has 0 spiro atoms. The van der Waals surface area contributed by atoms with Gasteiger partial charge in [-0.05, 0) is 60.7 Å². The maximum absolute atomic E-state index is 3.95. The fraction of sp³-hybridized carbons (Fsp3) is 0.261. The molecule has 0 unspecified atom stereocenters. The molecule has 136 valence electrons. The van der Waals surface area contributed by atoms with Crippen LogP contribution in [0.15, 0.2) is 59.8 Å². The first kappa shape index (κ1) is 16.3. The number of benzene rings is 2. The molecule has 3 heterocycles. The van der Waals surface area contributed by atoms with Crippen molar-refractivity contribution < 1.29 is 0 Å². The van der Waals surface area contributed by atoms with Crippen molar-refractivity contribution in [2.45, 2.75) is 31.2 Å². The van der Waals surface area contributed by atoms with Gasteiger partial charge < -0.3 is 10.3 Å². The van der Waals surface area contributed by atoms with Crippen LogP contribution < -0.4 is 10.7 Å². The van der Waals surface area contributed by atoms with Crippen molar-refractivity contribution in [3.8, 4) is 0 Å². The fourth-order valence-corrected chi connectivity index (χ4v) is 4.57. The predicted molar refractivity (Wildman–Crippen MR) is 113 cm³/mol. The molecule has 27 heavy (non-hydrogen) atoms. The molecule has 3 aromatic rings. The molecular formula is C23H24N4. The van der Waals surface area contributed by atoms with Crippen LogP contribution in [0, 0.1) is 0 Å². The normalized spacial score (nSPS) is 22.1. The van der Waals surface area contributed by atoms with E-state index in [-0.39, 0.29) is 0 Å². The van der Waals surface area contributed by atoms with Crippen LogP contribution >= 0.6 is 0 Å². The molecule has 1 saturated heterocycles. The van der Waals surface area contributed by atoms with Gasteiger partial charge in [0.05, 0.1) is 5.69 Å². The first-order valence-electron chi connectivity index (χ1n) is 9.77. The fourth-order valence-electron chi connectivity index (χ4n) is 4.57. The number of para-hydroxylation sites is 1. The summed E-state index contributed by atoms with van der Waals surface area (Å²) in [5.41, 5.74) is 9.54. The van der Waals surface area contributed by atoms with Gasteiger partial charge in [0, 0.05) is 35.3 Å². The number of aromatic nitrogens is 1. The van der Waals surface area contributed by atoms with E-state index in [4.69, 9.17) is 0 Å². The Hall–Kier alpha value is -2.85. The van der Waals surface area contributed by atoms with E-state index in [2.05, 4.69) is 45.2 Å². The Morgan fingerprint density at radius 2 is 2.00 bits per heavy atom. The molecule has 2 aliphatic heterocycles. The van der Waals surface area contributed by atoms with Gasteiger partial charge in [0.15, 0.2) is 0 Å². The van der Waals surface area contributed by atoms with Crippen molar-refractivity contribution in [2.24, 2.45) is 5.10 Å². The molecule has 0 saturated carbocycles. The number of H-pyrrole nitrogens is 1. The molecule has 3 aliphatic rings. The summed E-state index contributed by atoms with van der Waals surface area (Å²) in [6, 6.07) is 15.4. The van der Waals surface area contributed by atoms with Crippen LogP contribution in [-0.2, 0) is 6.42 Å². The molecule has 2 aromatic carbocycles. The molecule has 0 radical (unpaired) electrons. The monoisotopic (exact) mass is 356 g/mol. The summed E-state index contributed by atoms with van der Waals surface area (Å²) in [4.78, 5) is 3.40. The Bertz CT molecular complexity index is 1010. The minimum Gasteiger partial charge on any atom is -0.361 e. The van der Waals surface area contributed by atoms with Crippen molar-refractivity contribution in [3.63, 3.8) is 0 Å². The second-order valence-corrected chi connectivity index (χ2v) is 7.43. The number of hydrazone groups is 1. The quantitative estimate of drug-likeness (QED) is 0.548. The van der Waals surface area contributed by atoms with Gasteiger partial charge in [-0.15, -0.1) is 0 Å². The number of nitrogens with zero attached hydrogens (tertiary/aromatic N) is 1. The minimum atomic E-state index is 0.669. The number of allylic oxidation sites excluding steroid dienone is 1. The number of piperidine rings is 1. The van der Waals surface area contributed by atoms with Crippen LogP contribution in [0.2, 0.25) is 0 Å². The molecule has 4 heteroatoms. The van der Waals surface area contributed by atoms with Gasteiger partial charge in [0.1, 0.15) is 0 Å². The number of fused-ring (bicyclic) bond motifs is 3. The Morgan fingerprint density at radius 1 is 1.04 bits per heavy atom. The van der Waals surface area contributed by atoms with Crippen LogP contribution in [0.3, 0.4) is 0 Å². The van der Waals surface area contributed by atoms with Gasteiger partial charge in [-0.3, -0.25) is 5.43 Å². The summed E-state index contributed by atoms with van der Waals surface area (Å²) >= 11 is 0. The summed E-state index contributed by atoms with van der Waals surface area (Å²) < 4.78 is 0. The number of nitrogens with one attached hydrogen (secondary N) is 3. The molecule has 1 aliphatic carbocycles. The largest absolute Gasteiger partial charge is 0.361 e. The Kier molecular flexibility index (Phi) is 4.26. The average molecular weight is 356 g/mol. The van der Waals surface area contributed by atoms with E-state index in [1.165, 1.54) is 47.8 Å². The highest BCUT2D eigenvalue weighted by Crippen LogP contribution is 2.40. The van der Waals surface area contributed by atoms with E-state index in [1.807, 2.05) is 36.4 Å². The number of aromatic amines is 1. The zero-order chi connectivity index (χ0) is 18.1. The third-order valence-corrected chi connectivity index (χ3v) is 5.83. The third-order valence-electron chi connectivity index (χ3n) is 5.83. The van der Waals surface area contributed by atoms with Gasteiger partial charge in [-0.25, -0.2) is 0 Å². The van der Waals surface area contributed by atoms with E-state index in [0.717, 1.165) is 11.6 Å². The summed E-state index contributed by atoms with van der Waals surface area (Å²) in [6.07, 6.45) is 11.7. The van der Waals surface area contributed by atoms with Crippen LogP contribution in [0.4, 0.5) is 5.69 Å². The first-order valence-corrected chi connectivity index (χ1v) is 9.77. The van der Waals surface area contributed by atoms with E-state index in [9.17, 15) is 0 Å². The lowest BCUT2D eigenvalue weighted by molar-refractivity contribution is 0.345. The molecular weight excluding hydrogens is 332 g/mol. The lowest BCUT2D eigenvalue weighted by atomic mass is 9.76. The van der Waals surface area contributed by atoms with Gasteiger partial charge in [0.25, 0.3) is 0 Å². The maximum Gasteiger partial charge on any atom is 0.0634 e. The number of hydrogen-bond acceptors (Lipinski definition) is 3. The molecule has 4 nitrogen and oxygen atoms in total. The lowest BCUT2D eigenvalue weighted by Gasteiger charge is -2.36. The topological polar surface area (TPSA) is 52.2 Å². The zero-order valence-electron chi connectivity index (χ0n) is 15.3. The molecule has 1 fully saturated rings. The van der Waals surface area contributed by atoms with Crippen molar-refractivity contribution in [2.75, 3.05) is 12.0 Å². The second-order valence-electron chi connectivity index (χ2n) is 7.43. The van der Waals surface area contributed by atoms with Crippen molar-refractivity contribution in [1.82, 2.24) is 10.3 Å². The molecule has 6 rings (SSSR count). The molecule has 2 atom stereocenters. The Morgan fingerprint density at radius 3 is 3.00 bits per heavy atom. The van der Waals surface area contributed by atoms with Gasteiger partial charge in [-0.2, -0.15) is 5.10 Å². The highest BCUT2D eigenvalue weighted by atomic mass is 15.3. The van der Waals surface area contributed by atoms with Crippen molar-refractivity contribution in [3.05, 3.63) is 71.4 Å². The Balaban J connectivity index is 0.000000128. The third kappa shape index (κ3) is 3.06. The SMILES string of the molecule is C1=Cc2ccccc2NN=C1.c1cc2c3c(c[nH]c3c1)C[C@H]1NCCC[C@H]21. The van der Waals surface area contributed by atoms with Crippen LogP contribution in [0.25, 0.3) is 17.0 Å². The Labute approximate surface area is 159 Å². The lowest BCUT2D eigenvalue weighted by Crippen LogP contribution is -2.43. The highest BCUT2D eigenvalue weighted by Gasteiger charge is 2.32. The van der Waals surface area contributed by atoms with E-state index in [1.54, 1.807) is 11.8 Å². The summed E-state index contributed by atoms with van der Waals surface area (Å²) in [7, 11) is 0. The molecule has 0 bridgehead atoms. The minimum absolute atomic E-state index is 0.669.